The number of hydrogen-bond donors (Lipinski definition) is 1. The predicted octanol–water partition coefficient (Wildman–Crippen LogP) is 4.02. The topological polar surface area (TPSA) is 21.3 Å². The van der Waals surface area contributed by atoms with Gasteiger partial charge in [0.1, 0.15) is 11.9 Å². The van der Waals surface area contributed by atoms with Gasteiger partial charge in [0.2, 0.25) is 0 Å². The second kappa shape index (κ2) is 5.75. The number of hydrogen-bond acceptors (Lipinski definition) is 2. The van der Waals surface area contributed by atoms with E-state index in [1.807, 2.05) is 0 Å². The first-order chi connectivity index (χ1) is 8.69. The van der Waals surface area contributed by atoms with Gasteiger partial charge in [-0.15, -0.1) is 0 Å². The molecule has 1 aromatic carbocycles. The van der Waals surface area contributed by atoms with Crippen molar-refractivity contribution in [1.82, 2.24) is 5.32 Å². The van der Waals surface area contributed by atoms with E-state index < -0.39 is 0 Å². The van der Waals surface area contributed by atoms with Crippen LogP contribution in [-0.4, -0.2) is 12.6 Å². The Morgan fingerprint density at radius 2 is 2.11 bits per heavy atom. The van der Waals surface area contributed by atoms with Crippen LogP contribution in [0.4, 0.5) is 0 Å². The van der Waals surface area contributed by atoms with Crippen molar-refractivity contribution in [2.24, 2.45) is 0 Å². The number of rotatable bonds is 5. The van der Waals surface area contributed by atoms with Crippen LogP contribution >= 0.6 is 0 Å². The molecule has 0 saturated heterocycles. The molecule has 0 bridgehead atoms. The lowest BCUT2D eigenvalue weighted by atomic mass is 9.94. The van der Waals surface area contributed by atoms with Crippen LogP contribution in [0.15, 0.2) is 18.2 Å². The van der Waals surface area contributed by atoms with E-state index in [-0.39, 0.29) is 6.10 Å². The Morgan fingerprint density at radius 1 is 1.33 bits per heavy atom. The third-order valence-electron chi connectivity index (χ3n) is 3.94. The molecule has 1 N–H and O–H groups in total. The molecular weight excluding hydrogens is 222 g/mol. The normalized spacial score (nSPS) is 23.6. The van der Waals surface area contributed by atoms with Gasteiger partial charge in [-0.25, -0.2) is 0 Å². The van der Waals surface area contributed by atoms with Crippen molar-refractivity contribution in [1.29, 1.82) is 0 Å². The Kier molecular flexibility index (Phi) is 4.28. The summed E-state index contributed by atoms with van der Waals surface area (Å²) in [5, 5.41) is 3.60. The molecule has 0 saturated carbocycles. The van der Waals surface area contributed by atoms with Gasteiger partial charge in [0, 0.05) is 5.56 Å². The summed E-state index contributed by atoms with van der Waals surface area (Å²) in [5.74, 6) is 1.70. The summed E-state index contributed by atoms with van der Waals surface area (Å²) in [4.78, 5) is 0. The van der Waals surface area contributed by atoms with Crippen molar-refractivity contribution in [3.63, 3.8) is 0 Å². The monoisotopic (exact) mass is 247 g/mol. The summed E-state index contributed by atoms with van der Waals surface area (Å²) >= 11 is 0. The molecule has 2 nitrogen and oxygen atoms in total. The van der Waals surface area contributed by atoms with Crippen LogP contribution in [0.2, 0.25) is 0 Å². The molecule has 0 aromatic heterocycles. The van der Waals surface area contributed by atoms with E-state index >= 15 is 0 Å². The first kappa shape index (κ1) is 13.4. The maximum Gasteiger partial charge on any atom is 0.128 e. The lowest BCUT2D eigenvalue weighted by Crippen LogP contribution is -2.29. The van der Waals surface area contributed by atoms with Gasteiger partial charge in [-0.3, -0.25) is 0 Å². The van der Waals surface area contributed by atoms with E-state index in [9.17, 15) is 0 Å². The highest BCUT2D eigenvalue weighted by atomic mass is 16.5. The predicted molar refractivity (Wildman–Crippen MR) is 76.3 cm³/mol. The first-order valence-corrected chi connectivity index (χ1v) is 7.21. The minimum absolute atomic E-state index is 0.233. The van der Waals surface area contributed by atoms with Crippen molar-refractivity contribution >= 4 is 0 Å². The van der Waals surface area contributed by atoms with Gasteiger partial charge >= 0.3 is 0 Å². The molecular formula is C16H25NO. The standard InChI is InChI=1S/C16H25NO/c1-5-10-17-15-12(4)18-16-13(11(3)6-2)8-7-9-14(15)16/h7-9,11-12,15,17H,5-6,10H2,1-4H3. The number of nitrogens with one attached hydrogen (secondary N) is 1. The maximum atomic E-state index is 6.11. The molecule has 0 amide bonds. The van der Waals surface area contributed by atoms with E-state index in [2.05, 4.69) is 51.2 Å². The zero-order valence-corrected chi connectivity index (χ0v) is 12.0. The van der Waals surface area contributed by atoms with E-state index in [1.165, 1.54) is 11.1 Å². The second-order valence-electron chi connectivity index (χ2n) is 5.33. The summed E-state index contributed by atoms with van der Waals surface area (Å²) in [6.45, 7) is 9.91. The summed E-state index contributed by atoms with van der Waals surface area (Å²) in [7, 11) is 0. The van der Waals surface area contributed by atoms with Crippen LogP contribution in [0.1, 0.15) is 63.6 Å². The van der Waals surface area contributed by atoms with E-state index in [0.717, 1.165) is 25.1 Å². The smallest absolute Gasteiger partial charge is 0.128 e. The largest absolute Gasteiger partial charge is 0.488 e. The van der Waals surface area contributed by atoms with Crippen molar-refractivity contribution in [2.75, 3.05) is 6.54 Å². The van der Waals surface area contributed by atoms with Gasteiger partial charge in [-0.2, -0.15) is 0 Å². The van der Waals surface area contributed by atoms with E-state index in [4.69, 9.17) is 4.74 Å². The third-order valence-corrected chi connectivity index (χ3v) is 3.94. The fourth-order valence-electron chi connectivity index (χ4n) is 2.65. The lowest BCUT2D eigenvalue weighted by molar-refractivity contribution is 0.208. The average Bonchev–Trinajstić information content (AvgIpc) is 2.71. The fourth-order valence-corrected chi connectivity index (χ4v) is 2.65. The van der Waals surface area contributed by atoms with Gasteiger partial charge in [-0.05, 0) is 37.8 Å². The molecule has 18 heavy (non-hydrogen) atoms. The van der Waals surface area contributed by atoms with Crippen LogP contribution in [0, 0.1) is 0 Å². The van der Waals surface area contributed by atoms with Gasteiger partial charge in [0.05, 0.1) is 6.04 Å². The molecule has 3 atom stereocenters. The van der Waals surface area contributed by atoms with Crippen molar-refractivity contribution in [3.05, 3.63) is 29.3 Å². The SMILES string of the molecule is CCCNC1c2cccc(C(C)CC)c2OC1C. The molecule has 0 aliphatic carbocycles. The lowest BCUT2D eigenvalue weighted by Gasteiger charge is -2.15. The van der Waals surface area contributed by atoms with Crippen molar-refractivity contribution in [2.45, 2.75) is 58.6 Å². The quantitative estimate of drug-likeness (QED) is 0.848. The van der Waals surface area contributed by atoms with Gasteiger partial charge < -0.3 is 10.1 Å². The maximum absolute atomic E-state index is 6.11. The molecule has 100 valence electrons. The highest BCUT2D eigenvalue weighted by Gasteiger charge is 2.32. The Bertz CT molecular complexity index is 402. The molecule has 1 aliphatic heterocycles. The Hall–Kier alpha value is -1.02. The van der Waals surface area contributed by atoms with Crippen molar-refractivity contribution < 1.29 is 4.74 Å². The average molecular weight is 247 g/mol. The summed E-state index contributed by atoms with van der Waals surface area (Å²) in [5.41, 5.74) is 2.70. The highest BCUT2D eigenvalue weighted by molar-refractivity contribution is 5.48. The summed E-state index contributed by atoms with van der Waals surface area (Å²) in [6.07, 6.45) is 2.54. The van der Waals surface area contributed by atoms with Gasteiger partial charge in [0.25, 0.3) is 0 Å². The highest BCUT2D eigenvalue weighted by Crippen LogP contribution is 2.42. The summed E-state index contributed by atoms with van der Waals surface area (Å²) < 4.78 is 6.11. The number of para-hydroxylation sites is 1. The van der Waals surface area contributed by atoms with E-state index in [0.29, 0.717) is 12.0 Å². The molecule has 2 heteroatoms. The molecule has 1 aliphatic rings. The molecule has 2 rings (SSSR count). The molecule has 3 unspecified atom stereocenters. The number of fused-ring (bicyclic) bond motifs is 1. The van der Waals surface area contributed by atoms with Crippen LogP contribution in [0.25, 0.3) is 0 Å². The molecule has 0 radical (unpaired) electrons. The number of benzene rings is 1. The van der Waals surface area contributed by atoms with Crippen LogP contribution in [0.5, 0.6) is 5.75 Å². The van der Waals surface area contributed by atoms with Crippen LogP contribution in [-0.2, 0) is 0 Å². The summed E-state index contributed by atoms with van der Waals surface area (Å²) in [6, 6.07) is 6.94. The molecule has 1 aromatic rings. The minimum Gasteiger partial charge on any atom is -0.488 e. The van der Waals surface area contributed by atoms with Crippen LogP contribution in [0.3, 0.4) is 0 Å². The zero-order valence-electron chi connectivity index (χ0n) is 12.0. The second-order valence-corrected chi connectivity index (χ2v) is 5.33. The fraction of sp³-hybridized carbons (Fsp3) is 0.625. The first-order valence-electron chi connectivity index (χ1n) is 7.21. The molecule has 0 fully saturated rings. The van der Waals surface area contributed by atoms with Gasteiger partial charge in [-0.1, -0.05) is 39.0 Å². The number of ether oxygens (including phenoxy) is 1. The Morgan fingerprint density at radius 3 is 2.78 bits per heavy atom. The Balaban J connectivity index is 2.30. The third kappa shape index (κ3) is 2.39. The Labute approximate surface area is 111 Å². The molecule has 0 spiro atoms. The van der Waals surface area contributed by atoms with Crippen molar-refractivity contribution in [3.8, 4) is 5.75 Å². The minimum atomic E-state index is 0.233. The zero-order chi connectivity index (χ0) is 13.1. The van der Waals surface area contributed by atoms with Gasteiger partial charge in [0.15, 0.2) is 0 Å². The van der Waals surface area contributed by atoms with Crippen LogP contribution < -0.4 is 10.1 Å². The molecule has 1 heterocycles. The van der Waals surface area contributed by atoms with E-state index in [1.54, 1.807) is 0 Å².